The van der Waals surface area contributed by atoms with E-state index in [4.69, 9.17) is 11.6 Å². The second-order valence-electron chi connectivity index (χ2n) is 10.5. The van der Waals surface area contributed by atoms with Crippen LogP contribution >= 0.6 is 22.9 Å². The summed E-state index contributed by atoms with van der Waals surface area (Å²) in [6.07, 6.45) is 7.03. The Kier molecular flexibility index (Phi) is 9.17. The number of alkyl halides is 1. The smallest absolute Gasteiger partial charge is 0.323 e. The number of thiazole rings is 1. The number of aromatic nitrogens is 1. The summed E-state index contributed by atoms with van der Waals surface area (Å²) < 4.78 is 40.2. The molecule has 1 aliphatic rings. The lowest BCUT2D eigenvalue weighted by molar-refractivity contribution is -0.120. The lowest BCUT2D eigenvalue weighted by atomic mass is 9.77. The van der Waals surface area contributed by atoms with Gasteiger partial charge in [0.2, 0.25) is 5.91 Å². The van der Waals surface area contributed by atoms with Gasteiger partial charge in [-0.1, -0.05) is 12.1 Å². The minimum Gasteiger partial charge on any atom is -0.350 e. The normalized spacial score (nSPS) is 17.5. The molecule has 0 radical (unpaired) electrons. The van der Waals surface area contributed by atoms with Gasteiger partial charge >= 0.3 is 6.03 Å². The molecule has 3 N–H and O–H groups in total. The molecule has 0 spiro atoms. The zero-order valence-electron chi connectivity index (χ0n) is 21.6. The Bertz CT molecular complexity index is 1320. The average Bonchev–Trinajstić information content (AvgIpc) is 3.38. The number of halogens is 4. The first-order valence-electron chi connectivity index (χ1n) is 12.7. The van der Waals surface area contributed by atoms with Crippen molar-refractivity contribution in [2.45, 2.75) is 57.4 Å². The van der Waals surface area contributed by atoms with Gasteiger partial charge in [0.25, 0.3) is 0 Å². The molecule has 0 bridgehead atoms. The van der Waals surface area contributed by atoms with E-state index in [2.05, 4.69) is 20.9 Å². The van der Waals surface area contributed by atoms with Crippen molar-refractivity contribution in [2.75, 3.05) is 16.5 Å². The molecule has 0 unspecified atom stereocenters. The van der Waals surface area contributed by atoms with E-state index in [0.717, 1.165) is 47.6 Å². The molecule has 3 amide bonds. The fourth-order valence-corrected chi connectivity index (χ4v) is 6.19. The predicted octanol–water partition coefficient (Wildman–Crippen LogP) is 7.67. The summed E-state index contributed by atoms with van der Waals surface area (Å²) in [5, 5.41) is 8.83. The molecule has 1 aliphatic carbocycles. The summed E-state index contributed by atoms with van der Waals surface area (Å²) in [5.74, 6) is -2.89. The van der Waals surface area contributed by atoms with Crippen molar-refractivity contribution >= 4 is 46.3 Å². The van der Waals surface area contributed by atoms with E-state index in [1.807, 2.05) is 32.2 Å². The maximum Gasteiger partial charge on any atom is 0.323 e. The van der Waals surface area contributed by atoms with Gasteiger partial charge < -0.3 is 16.0 Å². The standard InChI is InChI=1S/C28H30ClF3N4O2S/c1-28(2,36-25(37)14-29)13-16-3-5-18(6-4-16)26-33-15-24(39-26)17-7-9-19(10-8-17)34-27(38)35-23-12-21(31)20(30)11-22(23)32/h7-12,15-16,18H,3-6,13-14H2,1-2H3,(H,36,37)(H2,34,35,38). The lowest BCUT2D eigenvalue weighted by Gasteiger charge is -2.34. The number of hydrogen-bond donors (Lipinski definition) is 3. The van der Waals surface area contributed by atoms with Crippen LogP contribution < -0.4 is 16.0 Å². The molecule has 208 valence electrons. The number of amides is 3. The summed E-state index contributed by atoms with van der Waals surface area (Å²) in [6.45, 7) is 4.08. The molecule has 6 nitrogen and oxygen atoms in total. The van der Waals surface area contributed by atoms with Crippen molar-refractivity contribution in [1.82, 2.24) is 10.3 Å². The number of rotatable bonds is 8. The number of nitrogens with one attached hydrogen (secondary N) is 3. The first kappa shape index (κ1) is 28.9. The number of nitrogens with zero attached hydrogens (tertiary/aromatic N) is 1. The summed E-state index contributed by atoms with van der Waals surface area (Å²) in [6, 6.07) is 7.27. The zero-order chi connectivity index (χ0) is 28.2. The molecule has 11 heteroatoms. The van der Waals surface area contributed by atoms with Crippen LogP contribution in [0.3, 0.4) is 0 Å². The largest absolute Gasteiger partial charge is 0.350 e. The van der Waals surface area contributed by atoms with E-state index >= 15 is 0 Å². The summed E-state index contributed by atoms with van der Waals surface area (Å²) in [5.41, 5.74) is 0.652. The van der Waals surface area contributed by atoms with E-state index in [-0.39, 0.29) is 17.3 Å². The van der Waals surface area contributed by atoms with Gasteiger partial charge in [-0.15, -0.1) is 22.9 Å². The summed E-state index contributed by atoms with van der Waals surface area (Å²) in [4.78, 5) is 29.6. The Morgan fingerprint density at radius 2 is 1.67 bits per heavy atom. The fourth-order valence-electron chi connectivity index (χ4n) is 5.03. The Balaban J connectivity index is 1.30. The Morgan fingerprint density at radius 1 is 1.00 bits per heavy atom. The third-order valence-electron chi connectivity index (χ3n) is 6.80. The number of benzene rings is 2. The number of urea groups is 1. The molecule has 1 saturated carbocycles. The van der Waals surface area contributed by atoms with E-state index < -0.39 is 29.2 Å². The number of hydrogen-bond acceptors (Lipinski definition) is 4. The molecule has 0 atom stereocenters. The van der Waals surface area contributed by atoms with Crippen molar-refractivity contribution in [3.05, 3.63) is 65.1 Å². The molecule has 0 aliphatic heterocycles. The summed E-state index contributed by atoms with van der Waals surface area (Å²) in [7, 11) is 0. The monoisotopic (exact) mass is 578 g/mol. The zero-order valence-corrected chi connectivity index (χ0v) is 23.2. The van der Waals surface area contributed by atoms with Crippen LogP contribution in [0.4, 0.5) is 29.3 Å². The molecule has 2 aromatic carbocycles. The SMILES string of the molecule is CC(C)(CC1CCC(c2ncc(-c3ccc(NC(=O)Nc4cc(F)c(F)cc4F)cc3)s2)CC1)NC(=O)CCl. The van der Waals surface area contributed by atoms with Gasteiger partial charge in [0.15, 0.2) is 11.6 Å². The molecule has 1 heterocycles. The first-order valence-corrected chi connectivity index (χ1v) is 14.0. The van der Waals surface area contributed by atoms with E-state index in [9.17, 15) is 22.8 Å². The molecule has 39 heavy (non-hydrogen) atoms. The van der Waals surface area contributed by atoms with Crippen LogP contribution in [-0.4, -0.2) is 28.3 Å². The van der Waals surface area contributed by atoms with Gasteiger partial charge in [0, 0.05) is 35.5 Å². The van der Waals surface area contributed by atoms with Crippen LogP contribution in [-0.2, 0) is 4.79 Å². The van der Waals surface area contributed by atoms with Gasteiger partial charge in [0.05, 0.1) is 15.6 Å². The topological polar surface area (TPSA) is 83.1 Å². The molecule has 0 saturated heterocycles. The number of carbonyl (C=O) groups excluding carboxylic acids is 2. The average molecular weight is 579 g/mol. The molecular weight excluding hydrogens is 549 g/mol. The molecule has 3 aromatic rings. The van der Waals surface area contributed by atoms with Crippen molar-refractivity contribution in [3.8, 4) is 10.4 Å². The van der Waals surface area contributed by atoms with E-state index in [0.29, 0.717) is 29.7 Å². The minimum absolute atomic E-state index is 0.0296. The molecular formula is C28H30ClF3N4O2S. The van der Waals surface area contributed by atoms with E-state index in [1.165, 1.54) is 0 Å². The van der Waals surface area contributed by atoms with Crippen molar-refractivity contribution < 1.29 is 22.8 Å². The predicted molar refractivity (Wildman–Crippen MR) is 149 cm³/mol. The molecule has 4 rings (SSSR count). The quantitative estimate of drug-likeness (QED) is 0.189. The Hall–Kier alpha value is -3.11. The fraction of sp³-hybridized carbons (Fsp3) is 0.393. The van der Waals surface area contributed by atoms with Gasteiger partial charge in [-0.25, -0.2) is 22.9 Å². The van der Waals surface area contributed by atoms with Crippen LogP contribution in [0.5, 0.6) is 0 Å². The molecule has 1 fully saturated rings. The maximum atomic E-state index is 13.8. The highest BCUT2D eigenvalue weighted by molar-refractivity contribution is 7.15. The van der Waals surface area contributed by atoms with Gasteiger partial charge in [-0.3, -0.25) is 4.79 Å². The van der Waals surface area contributed by atoms with Crippen LogP contribution in [0.2, 0.25) is 0 Å². The number of anilines is 2. The van der Waals surface area contributed by atoms with Crippen molar-refractivity contribution in [2.24, 2.45) is 5.92 Å². The van der Waals surface area contributed by atoms with Crippen LogP contribution in [0.25, 0.3) is 10.4 Å². The van der Waals surface area contributed by atoms with Crippen molar-refractivity contribution in [3.63, 3.8) is 0 Å². The highest BCUT2D eigenvalue weighted by Crippen LogP contribution is 2.41. The molecule has 1 aromatic heterocycles. The van der Waals surface area contributed by atoms with Crippen LogP contribution in [0.15, 0.2) is 42.6 Å². The van der Waals surface area contributed by atoms with Crippen LogP contribution in [0, 0.1) is 23.4 Å². The first-order chi connectivity index (χ1) is 18.5. The minimum atomic E-state index is -1.33. The van der Waals surface area contributed by atoms with Crippen LogP contribution in [0.1, 0.15) is 56.9 Å². The van der Waals surface area contributed by atoms with E-state index in [1.54, 1.807) is 23.5 Å². The van der Waals surface area contributed by atoms with Crippen molar-refractivity contribution in [1.29, 1.82) is 0 Å². The third-order valence-corrected chi connectivity index (χ3v) is 8.25. The number of carbonyl (C=O) groups is 2. The highest BCUT2D eigenvalue weighted by Gasteiger charge is 2.30. The van der Waals surface area contributed by atoms with Gasteiger partial charge in [-0.05, 0) is 69.6 Å². The van der Waals surface area contributed by atoms with Gasteiger partial charge in [-0.2, -0.15) is 0 Å². The second-order valence-corrected chi connectivity index (χ2v) is 11.8. The third kappa shape index (κ3) is 7.73. The van der Waals surface area contributed by atoms with Gasteiger partial charge in [0.1, 0.15) is 11.7 Å². The second kappa shape index (κ2) is 12.4. The highest BCUT2D eigenvalue weighted by atomic mass is 35.5. The lowest BCUT2D eigenvalue weighted by Crippen LogP contribution is -2.45. The summed E-state index contributed by atoms with van der Waals surface area (Å²) >= 11 is 7.29. The maximum absolute atomic E-state index is 13.8. The Labute approximate surface area is 234 Å². The Morgan fingerprint density at radius 3 is 2.33 bits per heavy atom.